The molecular formula is C16H32O2. The highest BCUT2D eigenvalue weighted by Gasteiger charge is 2.37. The van der Waals surface area contributed by atoms with Gasteiger partial charge in [-0.1, -0.05) is 33.6 Å². The number of hydrogen-bond donors (Lipinski definition) is 1. The predicted octanol–water partition coefficient (Wildman–Crippen LogP) is 4.30. The van der Waals surface area contributed by atoms with E-state index in [1.165, 1.54) is 25.7 Å². The molecule has 0 radical (unpaired) electrons. The molecule has 0 aliphatic heterocycles. The Kier molecular flexibility index (Phi) is 4.88. The van der Waals surface area contributed by atoms with Crippen LogP contribution in [0.3, 0.4) is 0 Å². The summed E-state index contributed by atoms with van der Waals surface area (Å²) in [4.78, 5) is 0. The van der Waals surface area contributed by atoms with Crippen molar-refractivity contribution >= 4 is 0 Å². The van der Waals surface area contributed by atoms with Crippen molar-refractivity contribution in [2.45, 2.75) is 97.4 Å². The van der Waals surface area contributed by atoms with Gasteiger partial charge in [-0.15, -0.1) is 0 Å². The minimum Gasteiger partial charge on any atom is -0.390 e. The van der Waals surface area contributed by atoms with Crippen LogP contribution in [0, 0.1) is 5.41 Å². The molecule has 1 aliphatic carbocycles. The third-order valence-corrected chi connectivity index (χ3v) is 4.62. The summed E-state index contributed by atoms with van der Waals surface area (Å²) in [6, 6.07) is 0. The summed E-state index contributed by atoms with van der Waals surface area (Å²) in [6.07, 6.45) is 7.17. The molecule has 108 valence electrons. The van der Waals surface area contributed by atoms with Gasteiger partial charge in [0.2, 0.25) is 0 Å². The minimum absolute atomic E-state index is 0.0869. The first kappa shape index (κ1) is 16.0. The van der Waals surface area contributed by atoms with Crippen molar-refractivity contribution in [3.05, 3.63) is 0 Å². The summed E-state index contributed by atoms with van der Waals surface area (Å²) < 4.78 is 6.20. The van der Waals surface area contributed by atoms with Crippen molar-refractivity contribution in [2.24, 2.45) is 5.41 Å². The van der Waals surface area contributed by atoms with Gasteiger partial charge in [-0.3, -0.25) is 0 Å². The van der Waals surface area contributed by atoms with E-state index in [0.29, 0.717) is 6.10 Å². The molecule has 1 fully saturated rings. The fourth-order valence-corrected chi connectivity index (χ4v) is 2.44. The normalized spacial score (nSPS) is 22.2. The lowest BCUT2D eigenvalue weighted by Gasteiger charge is -2.40. The van der Waals surface area contributed by atoms with Crippen LogP contribution in [0.2, 0.25) is 0 Å². The Morgan fingerprint density at radius 1 is 0.944 bits per heavy atom. The lowest BCUT2D eigenvalue weighted by molar-refractivity contribution is -0.102. The second kappa shape index (κ2) is 5.50. The van der Waals surface area contributed by atoms with Crippen molar-refractivity contribution < 1.29 is 9.84 Å². The average molecular weight is 256 g/mol. The van der Waals surface area contributed by atoms with Crippen LogP contribution in [0.1, 0.15) is 80.1 Å². The van der Waals surface area contributed by atoms with Crippen molar-refractivity contribution in [2.75, 3.05) is 0 Å². The lowest BCUT2D eigenvalue weighted by atomic mass is 9.74. The molecule has 2 heteroatoms. The molecule has 0 spiro atoms. The maximum Gasteiger partial charge on any atom is 0.0668 e. The van der Waals surface area contributed by atoms with E-state index >= 15 is 0 Å². The van der Waals surface area contributed by atoms with Crippen LogP contribution < -0.4 is 0 Å². The van der Waals surface area contributed by atoms with E-state index in [-0.39, 0.29) is 11.0 Å². The molecule has 0 amide bonds. The molecule has 1 saturated carbocycles. The topological polar surface area (TPSA) is 29.5 Å². The highest BCUT2D eigenvalue weighted by atomic mass is 16.5. The van der Waals surface area contributed by atoms with Crippen LogP contribution in [0.15, 0.2) is 0 Å². The average Bonchev–Trinajstić information content (AvgIpc) is 2.65. The van der Waals surface area contributed by atoms with E-state index in [9.17, 15) is 5.11 Å². The van der Waals surface area contributed by atoms with Crippen molar-refractivity contribution in [3.8, 4) is 0 Å². The van der Waals surface area contributed by atoms with Gasteiger partial charge < -0.3 is 9.84 Å². The second-order valence-corrected chi connectivity index (χ2v) is 7.81. The van der Waals surface area contributed by atoms with Crippen LogP contribution in [0.5, 0.6) is 0 Å². The zero-order valence-electron chi connectivity index (χ0n) is 13.2. The molecule has 0 aromatic carbocycles. The van der Waals surface area contributed by atoms with E-state index in [1.54, 1.807) is 0 Å². The molecule has 0 aromatic heterocycles. The third kappa shape index (κ3) is 4.55. The summed E-state index contributed by atoms with van der Waals surface area (Å²) >= 11 is 0. The second-order valence-electron chi connectivity index (χ2n) is 7.81. The Morgan fingerprint density at radius 3 is 1.89 bits per heavy atom. The van der Waals surface area contributed by atoms with E-state index in [1.807, 2.05) is 6.92 Å². The molecule has 1 atom stereocenters. The van der Waals surface area contributed by atoms with Crippen LogP contribution in [0.4, 0.5) is 0 Å². The van der Waals surface area contributed by atoms with Gasteiger partial charge in [0, 0.05) is 0 Å². The van der Waals surface area contributed by atoms with Crippen LogP contribution in [-0.2, 0) is 4.74 Å². The molecule has 1 rings (SSSR count). The Bertz CT molecular complexity index is 255. The van der Waals surface area contributed by atoms with E-state index in [2.05, 4.69) is 34.6 Å². The molecular weight excluding hydrogens is 224 g/mol. The third-order valence-electron chi connectivity index (χ3n) is 4.62. The number of hydrogen-bond acceptors (Lipinski definition) is 2. The van der Waals surface area contributed by atoms with Crippen LogP contribution in [-0.4, -0.2) is 22.4 Å². The summed E-state index contributed by atoms with van der Waals surface area (Å²) in [7, 11) is 0. The van der Waals surface area contributed by atoms with Crippen molar-refractivity contribution in [1.29, 1.82) is 0 Å². The zero-order valence-corrected chi connectivity index (χ0v) is 13.2. The van der Waals surface area contributed by atoms with E-state index < -0.39 is 5.60 Å². The fraction of sp³-hybridized carbons (Fsp3) is 1.00. The van der Waals surface area contributed by atoms with Crippen LogP contribution >= 0.6 is 0 Å². The lowest BCUT2D eigenvalue weighted by Crippen LogP contribution is -2.42. The maximum atomic E-state index is 10.5. The van der Waals surface area contributed by atoms with Gasteiger partial charge in [-0.2, -0.15) is 0 Å². The molecule has 1 unspecified atom stereocenters. The molecule has 1 aliphatic rings. The monoisotopic (exact) mass is 256 g/mol. The molecule has 0 bridgehead atoms. The van der Waals surface area contributed by atoms with Gasteiger partial charge in [0.15, 0.2) is 0 Å². The Balaban J connectivity index is 2.45. The summed E-state index contributed by atoms with van der Waals surface area (Å²) in [5.41, 5.74) is -0.843. The standard InChI is InChI=1S/C16H32O2/c1-14(2,3)16(6,17)12-11-15(4,5)18-13-9-7-8-10-13/h13,17H,7-12H2,1-6H3. The molecule has 18 heavy (non-hydrogen) atoms. The predicted molar refractivity (Wildman–Crippen MR) is 76.7 cm³/mol. The first-order chi connectivity index (χ1) is 8.04. The largest absolute Gasteiger partial charge is 0.390 e. The highest BCUT2D eigenvalue weighted by molar-refractivity contribution is 4.88. The van der Waals surface area contributed by atoms with Gasteiger partial charge in [0.1, 0.15) is 0 Å². The fourth-order valence-electron chi connectivity index (χ4n) is 2.44. The van der Waals surface area contributed by atoms with Gasteiger partial charge in [-0.05, 0) is 51.9 Å². The SMILES string of the molecule is CC(C)(CCC(C)(O)C(C)(C)C)OC1CCCC1. The quantitative estimate of drug-likeness (QED) is 0.794. The number of ether oxygens (including phenoxy) is 1. The molecule has 0 saturated heterocycles. The van der Waals surface area contributed by atoms with Gasteiger partial charge in [0.25, 0.3) is 0 Å². The maximum absolute atomic E-state index is 10.5. The smallest absolute Gasteiger partial charge is 0.0668 e. The summed E-state index contributed by atoms with van der Waals surface area (Å²) in [6.45, 7) is 12.5. The van der Waals surface area contributed by atoms with Gasteiger partial charge in [0.05, 0.1) is 17.3 Å². The Hall–Kier alpha value is -0.0800. The minimum atomic E-state index is -0.636. The molecule has 0 aromatic rings. The summed E-state index contributed by atoms with van der Waals surface area (Å²) in [5, 5.41) is 10.5. The van der Waals surface area contributed by atoms with Crippen molar-refractivity contribution in [1.82, 2.24) is 0 Å². The zero-order chi connectivity index (χ0) is 14.0. The van der Waals surface area contributed by atoms with Crippen LogP contribution in [0.25, 0.3) is 0 Å². The van der Waals surface area contributed by atoms with Crippen molar-refractivity contribution in [3.63, 3.8) is 0 Å². The van der Waals surface area contributed by atoms with Gasteiger partial charge in [-0.25, -0.2) is 0 Å². The first-order valence-electron chi connectivity index (χ1n) is 7.44. The molecule has 2 nitrogen and oxygen atoms in total. The Labute approximate surface area is 113 Å². The number of aliphatic hydroxyl groups is 1. The summed E-state index contributed by atoms with van der Waals surface area (Å²) in [5.74, 6) is 0. The van der Waals surface area contributed by atoms with Gasteiger partial charge >= 0.3 is 0 Å². The Morgan fingerprint density at radius 2 is 1.44 bits per heavy atom. The first-order valence-corrected chi connectivity index (χ1v) is 7.44. The highest BCUT2D eigenvalue weighted by Crippen LogP contribution is 2.36. The molecule has 1 N–H and O–H groups in total. The molecule has 0 heterocycles. The number of rotatable bonds is 5. The van der Waals surface area contributed by atoms with E-state index in [4.69, 9.17) is 4.74 Å². The van der Waals surface area contributed by atoms with E-state index in [0.717, 1.165) is 12.8 Å².